The number of nitrogens with zero attached hydrogens (tertiary/aromatic N) is 6. The van der Waals surface area contributed by atoms with Gasteiger partial charge in [-0.05, 0) is 72.8 Å². The molecular formula is C34H30Cl2F6N8O3. The molecule has 0 unspecified atom stereocenters. The Balaban J connectivity index is 0.000000396. The predicted molar refractivity (Wildman–Crippen MR) is 185 cm³/mol. The Bertz CT molecular complexity index is 2070. The maximum atomic E-state index is 13.4. The molecule has 0 fully saturated rings. The van der Waals surface area contributed by atoms with Gasteiger partial charge in [-0.3, -0.25) is 9.59 Å². The van der Waals surface area contributed by atoms with Crippen molar-refractivity contribution < 1.29 is 40.7 Å². The highest BCUT2D eigenvalue weighted by molar-refractivity contribution is 6.37. The Kier molecular flexibility index (Phi) is 14.5. The molecule has 0 aliphatic heterocycles. The van der Waals surface area contributed by atoms with Crippen molar-refractivity contribution in [1.82, 2.24) is 35.3 Å². The second kappa shape index (κ2) is 18.4. The van der Waals surface area contributed by atoms with Gasteiger partial charge in [-0.2, -0.15) is 23.1 Å². The van der Waals surface area contributed by atoms with Crippen molar-refractivity contribution in [3.05, 3.63) is 110 Å². The zero-order chi connectivity index (χ0) is 39.5. The number of terminal acetylenes is 1. The first-order chi connectivity index (χ1) is 25.0. The van der Waals surface area contributed by atoms with Gasteiger partial charge in [-0.15, -0.1) is 29.8 Å². The van der Waals surface area contributed by atoms with Gasteiger partial charge in [0.1, 0.15) is 23.7 Å². The molecule has 1 amide bonds. The summed E-state index contributed by atoms with van der Waals surface area (Å²) < 4.78 is 78.9. The summed E-state index contributed by atoms with van der Waals surface area (Å²) in [6.45, 7) is 5.81. The summed E-state index contributed by atoms with van der Waals surface area (Å²) in [5, 5.41) is 19.8. The fraction of sp³-hybridized carbons (Fsp3) is 0.235. The molecule has 19 heteroatoms. The van der Waals surface area contributed by atoms with Crippen molar-refractivity contribution in [2.75, 3.05) is 12.4 Å². The van der Waals surface area contributed by atoms with E-state index in [0.717, 1.165) is 10.2 Å². The number of ether oxygens (including phenoxy) is 1. The average Bonchev–Trinajstić information content (AvgIpc) is 3.74. The number of hydrogen-bond donors (Lipinski definition) is 2. The number of halogens is 8. The van der Waals surface area contributed by atoms with Gasteiger partial charge in [0, 0.05) is 17.7 Å². The molecule has 53 heavy (non-hydrogen) atoms. The van der Waals surface area contributed by atoms with Crippen LogP contribution in [0.25, 0.3) is 5.69 Å². The van der Waals surface area contributed by atoms with E-state index in [4.69, 9.17) is 29.6 Å². The average molecular weight is 784 g/mol. The van der Waals surface area contributed by atoms with Crippen molar-refractivity contribution in [3.8, 4) is 23.8 Å². The lowest BCUT2D eigenvalue weighted by Gasteiger charge is -2.14. The molecule has 0 radical (unpaired) electrons. The maximum absolute atomic E-state index is 13.4. The summed E-state index contributed by atoms with van der Waals surface area (Å²) in [6.07, 6.45) is -3.44. The molecule has 0 aliphatic carbocycles. The number of hydrogen-bond acceptors (Lipinski definition) is 8. The topological polar surface area (TPSA) is 129 Å². The molecule has 0 saturated carbocycles. The molecule has 5 aromatic rings. The molecule has 0 spiro atoms. The van der Waals surface area contributed by atoms with E-state index in [1.54, 1.807) is 32.2 Å². The van der Waals surface area contributed by atoms with Crippen molar-refractivity contribution in [2.45, 2.75) is 46.4 Å². The van der Waals surface area contributed by atoms with Gasteiger partial charge < -0.3 is 15.4 Å². The molecular weight excluding hydrogens is 753 g/mol. The van der Waals surface area contributed by atoms with Crippen LogP contribution in [0, 0.1) is 19.3 Å². The van der Waals surface area contributed by atoms with E-state index in [9.17, 15) is 35.9 Å². The number of nitrogens with one attached hydrogen (secondary N) is 2. The normalized spacial score (nSPS) is 11.0. The van der Waals surface area contributed by atoms with Crippen LogP contribution in [0.5, 0.6) is 5.75 Å². The van der Waals surface area contributed by atoms with Gasteiger partial charge in [0.25, 0.3) is 11.7 Å². The van der Waals surface area contributed by atoms with Crippen LogP contribution in [-0.2, 0) is 19.3 Å². The lowest BCUT2D eigenvalue weighted by atomic mass is 10.0. The number of aryl methyl sites for hydroxylation is 1. The van der Waals surface area contributed by atoms with Crippen LogP contribution in [-0.4, -0.2) is 55.6 Å². The summed E-state index contributed by atoms with van der Waals surface area (Å²) in [4.78, 5) is 25.7. The number of tetrazole rings is 1. The van der Waals surface area contributed by atoms with Gasteiger partial charge in [0.2, 0.25) is 0 Å². The van der Waals surface area contributed by atoms with Crippen LogP contribution < -0.4 is 15.4 Å². The molecule has 0 saturated heterocycles. The van der Waals surface area contributed by atoms with Crippen LogP contribution >= 0.6 is 23.2 Å². The fourth-order valence-electron chi connectivity index (χ4n) is 4.50. The molecule has 3 aromatic carbocycles. The number of alkyl halides is 6. The van der Waals surface area contributed by atoms with E-state index < -0.39 is 24.3 Å². The standard InChI is InChI=1S/C23H14Cl2F3N7O2.C9H10F3NO.C2H6/c1-3-13-7-12(2)19(14(8-13)11-36)29-21(37)18-9-15(10-34-32-22(30-33-34)23(26,27)28)31-35(18)20-16(24)5-4-6-17(20)25;1-13-6-7-3-2-4-8(5-7)14-9(10,11)12;1-2/h1,4-9,11H,10H2,2H3,(H,29,37);2-5,13H,6H2,1H3;1-2H3. The van der Waals surface area contributed by atoms with Crippen LogP contribution in [0.15, 0.2) is 60.7 Å². The van der Waals surface area contributed by atoms with Crippen LogP contribution in [0.2, 0.25) is 10.0 Å². The SMILES string of the molecule is C#Cc1cc(C)c(NC(=O)c2cc(Cn3nnc(C(F)(F)F)n3)nn2-c2c(Cl)cccc2Cl)c(C=O)c1.CC.CNCc1cccc(OC(F)(F)F)c1. The second-order valence-corrected chi connectivity index (χ2v) is 11.2. The predicted octanol–water partition coefficient (Wildman–Crippen LogP) is 7.92. The van der Waals surface area contributed by atoms with Crippen molar-refractivity contribution >= 4 is 41.1 Å². The van der Waals surface area contributed by atoms with Gasteiger partial charge in [0.05, 0.1) is 21.4 Å². The van der Waals surface area contributed by atoms with E-state index in [-0.39, 0.29) is 50.7 Å². The van der Waals surface area contributed by atoms with Crippen LogP contribution in [0.1, 0.15) is 62.9 Å². The molecule has 2 heterocycles. The van der Waals surface area contributed by atoms with E-state index in [0.29, 0.717) is 28.8 Å². The zero-order valence-corrected chi connectivity index (χ0v) is 29.8. The molecule has 2 N–H and O–H groups in total. The molecule has 0 atom stereocenters. The summed E-state index contributed by atoms with van der Waals surface area (Å²) in [5.74, 6) is 0.105. The highest BCUT2D eigenvalue weighted by Crippen LogP contribution is 2.31. The zero-order valence-electron chi connectivity index (χ0n) is 28.3. The van der Waals surface area contributed by atoms with Gasteiger partial charge in [-0.1, -0.05) is 61.2 Å². The Labute approximate surface area is 309 Å². The number of rotatable bonds is 9. The molecule has 5 rings (SSSR count). The first kappa shape index (κ1) is 42.0. The lowest BCUT2D eigenvalue weighted by Crippen LogP contribution is -2.19. The quantitative estimate of drug-likeness (QED) is 0.0877. The van der Waals surface area contributed by atoms with Crippen molar-refractivity contribution in [2.24, 2.45) is 0 Å². The maximum Gasteiger partial charge on any atom is 0.573 e. The Morgan fingerprint density at radius 3 is 2.23 bits per heavy atom. The minimum absolute atomic E-state index is 0.0848. The smallest absolute Gasteiger partial charge is 0.406 e. The number of amides is 1. The molecule has 2 aromatic heterocycles. The van der Waals surface area contributed by atoms with Crippen LogP contribution in [0.4, 0.5) is 32.0 Å². The number of aromatic nitrogens is 6. The fourth-order valence-corrected chi connectivity index (χ4v) is 5.05. The molecule has 280 valence electrons. The second-order valence-electron chi connectivity index (χ2n) is 10.3. The van der Waals surface area contributed by atoms with Gasteiger partial charge >= 0.3 is 12.5 Å². The van der Waals surface area contributed by atoms with Crippen LogP contribution in [0.3, 0.4) is 0 Å². The number of benzene rings is 3. The largest absolute Gasteiger partial charge is 0.573 e. The van der Waals surface area contributed by atoms with Crippen molar-refractivity contribution in [3.63, 3.8) is 0 Å². The molecule has 0 aliphatic rings. The molecule has 11 nitrogen and oxygen atoms in total. The minimum atomic E-state index is -4.78. The third-order valence-corrected chi connectivity index (χ3v) is 7.17. The Morgan fingerprint density at radius 2 is 1.66 bits per heavy atom. The third-order valence-electron chi connectivity index (χ3n) is 6.56. The minimum Gasteiger partial charge on any atom is -0.406 e. The lowest BCUT2D eigenvalue weighted by molar-refractivity contribution is -0.274. The first-order valence-corrected chi connectivity index (χ1v) is 16.0. The van der Waals surface area contributed by atoms with Gasteiger partial charge in [-0.25, -0.2) is 4.68 Å². The number of anilines is 1. The summed E-state index contributed by atoms with van der Waals surface area (Å²) in [7, 11) is 1.72. The van der Waals surface area contributed by atoms with E-state index in [1.807, 2.05) is 13.8 Å². The van der Waals surface area contributed by atoms with Crippen molar-refractivity contribution in [1.29, 1.82) is 0 Å². The number of carbonyl (C=O) groups excluding carboxylic acids is 2. The van der Waals surface area contributed by atoms with E-state index >= 15 is 0 Å². The first-order valence-electron chi connectivity index (χ1n) is 15.3. The highest BCUT2D eigenvalue weighted by atomic mass is 35.5. The summed E-state index contributed by atoms with van der Waals surface area (Å²) >= 11 is 12.6. The monoisotopic (exact) mass is 782 g/mol. The van der Waals surface area contributed by atoms with E-state index in [2.05, 4.69) is 41.8 Å². The Morgan fingerprint density at radius 1 is 1.00 bits per heavy atom. The van der Waals surface area contributed by atoms with E-state index in [1.165, 1.54) is 42.5 Å². The third kappa shape index (κ3) is 11.5. The number of aldehydes is 1. The number of para-hydroxylation sites is 1. The summed E-state index contributed by atoms with van der Waals surface area (Å²) in [5.41, 5.74) is 2.25. The molecule has 0 bridgehead atoms. The summed E-state index contributed by atoms with van der Waals surface area (Å²) in [6, 6.07) is 14.9. The number of carbonyl (C=O) groups is 2. The Hall–Kier alpha value is -5.44. The highest BCUT2D eigenvalue weighted by Gasteiger charge is 2.37. The van der Waals surface area contributed by atoms with Gasteiger partial charge in [0.15, 0.2) is 6.29 Å².